The predicted octanol–water partition coefficient (Wildman–Crippen LogP) is 6.30. The summed E-state index contributed by atoms with van der Waals surface area (Å²) < 4.78 is 66.9. The molecule has 0 bridgehead atoms. The first-order valence-corrected chi connectivity index (χ1v) is 10.9. The van der Waals surface area contributed by atoms with E-state index in [1.54, 1.807) is 11.0 Å². The summed E-state index contributed by atoms with van der Waals surface area (Å²) in [6.07, 6.45) is -3.37. The van der Waals surface area contributed by atoms with Gasteiger partial charge in [0.05, 0.1) is 5.56 Å². The number of alkyl halides is 3. The summed E-state index contributed by atoms with van der Waals surface area (Å²) in [7, 11) is 0. The Morgan fingerprint density at radius 3 is 2.00 bits per heavy atom. The summed E-state index contributed by atoms with van der Waals surface area (Å²) >= 11 is 0. The van der Waals surface area contributed by atoms with Gasteiger partial charge in [-0.1, -0.05) is 18.2 Å². The van der Waals surface area contributed by atoms with Gasteiger partial charge in [-0.25, -0.2) is 8.78 Å². The molecule has 0 aromatic heterocycles. The van der Waals surface area contributed by atoms with Crippen molar-refractivity contribution in [1.82, 2.24) is 4.90 Å². The first kappa shape index (κ1) is 23.9. The highest BCUT2D eigenvalue weighted by atomic mass is 19.4. The van der Waals surface area contributed by atoms with Gasteiger partial charge in [-0.2, -0.15) is 13.2 Å². The van der Waals surface area contributed by atoms with Crippen molar-refractivity contribution in [2.45, 2.75) is 31.6 Å². The third-order valence-electron chi connectivity index (χ3n) is 6.05. The van der Waals surface area contributed by atoms with Crippen LogP contribution in [-0.2, 0) is 12.7 Å². The third-order valence-corrected chi connectivity index (χ3v) is 6.05. The Morgan fingerprint density at radius 2 is 1.41 bits per heavy atom. The number of piperidine rings is 1. The monoisotopic (exact) mass is 474 g/mol. The maximum Gasteiger partial charge on any atom is 0.416 e. The van der Waals surface area contributed by atoms with Crippen LogP contribution < -0.4 is 4.90 Å². The van der Waals surface area contributed by atoms with Gasteiger partial charge < -0.3 is 4.90 Å². The van der Waals surface area contributed by atoms with Crippen LogP contribution in [0, 0.1) is 11.6 Å². The molecule has 1 fully saturated rings. The van der Waals surface area contributed by atoms with E-state index in [4.69, 9.17) is 0 Å². The highest BCUT2D eigenvalue weighted by molar-refractivity contribution is 6.06. The van der Waals surface area contributed by atoms with Crippen LogP contribution in [0.4, 0.5) is 27.6 Å². The first-order valence-electron chi connectivity index (χ1n) is 10.9. The molecule has 1 aliphatic heterocycles. The summed E-state index contributed by atoms with van der Waals surface area (Å²) in [5.74, 6) is -1.24. The molecule has 0 saturated carbocycles. The van der Waals surface area contributed by atoms with Crippen molar-refractivity contribution in [2.24, 2.45) is 0 Å². The second kappa shape index (κ2) is 9.93. The van der Waals surface area contributed by atoms with Crippen LogP contribution in [0.5, 0.6) is 0 Å². The lowest BCUT2D eigenvalue weighted by molar-refractivity contribution is -0.138. The highest BCUT2D eigenvalue weighted by Crippen LogP contribution is 2.33. The molecule has 4 rings (SSSR count). The van der Waals surface area contributed by atoms with Gasteiger partial charge in [-0.3, -0.25) is 9.69 Å². The maximum atomic E-state index is 13.5. The lowest BCUT2D eigenvalue weighted by atomic mass is 9.99. The van der Waals surface area contributed by atoms with Crippen molar-refractivity contribution in [3.63, 3.8) is 0 Å². The Morgan fingerprint density at radius 1 is 0.853 bits per heavy atom. The number of nitrogens with zero attached hydrogens (tertiary/aromatic N) is 2. The summed E-state index contributed by atoms with van der Waals surface area (Å²) in [5, 5.41) is 0. The molecule has 1 heterocycles. The molecule has 1 amide bonds. The smallest absolute Gasteiger partial charge is 0.305 e. The Kier molecular flexibility index (Phi) is 6.97. The molecule has 1 saturated heterocycles. The third kappa shape index (κ3) is 5.44. The SMILES string of the molecule is O=C(c1ccc(F)cc1)N(c1ccc(F)cc1)C1CCN(Cc2ccccc2C(F)(F)F)CC1. The number of hydrogen-bond acceptors (Lipinski definition) is 2. The van der Waals surface area contributed by atoms with Crippen LogP contribution in [0.1, 0.15) is 34.3 Å². The molecule has 1 aliphatic rings. The number of hydrogen-bond donors (Lipinski definition) is 0. The van der Waals surface area contributed by atoms with E-state index in [0.29, 0.717) is 37.2 Å². The topological polar surface area (TPSA) is 23.6 Å². The average Bonchev–Trinajstić information content (AvgIpc) is 2.81. The van der Waals surface area contributed by atoms with Gasteiger partial charge in [0.25, 0.3) is 5.91 Å². The number of halogens is 5. The number of likely N-dealkylation sites (tertiary alicyclic amines) is 1. The zero-order valence-corrected chi connectivity index (χ0v) is 18.2. The molecule has 0 unspecified atom stereocenters. The Bertz CT molecular complexity index is 1120. The minimum Gasteiger partial charge on any atom is -0.305 e. The van der Waals surface area contributed by atoms with Crippen molar-refractivity contribution in [3.8, 4) is 0 Å². The fourth-order valence-electron chi connectivity index (χ4n) is 4.34. The summed E-state index contributed by atoms with van der Waals surface area (Å²) in [5.41, 5.74) is 0.381. The fraction of sp³-hybridized carbons (Fsp3) is 0.269. The number of anilines is 1. The van der Waals surface area contributed by atoms with E-state index in [-0.39, 0.29) is 24.1 Å². The molecule has 3 nitrogen and oxygen atoms in total. The molecule has 0 N–H and O–H groups in total. The molecule has 0 radical (unpaired) electrons. The molecule has 178 valence electrons. The minimum atomic E-state index is -4.42. The van der Waals surface area contributed by atoms with Crippen molar-refractivity contribution < 1.29 is 26.7 Å². The minimum absolute atomic E-state index is 0.158. The molecule has 0 spiro atoms. The van der Waals surface area contributed by atoms with Crippen molar-refractivity contribution in [1.29, 1.82) is 0 Å². The van der Waals surface area contributed by atoms with Gasteiger partial charge >= 0.3 is 6.18 Å². The first-order chi connectivity index (χ1) is 16.2. The van der Waals surface area contributed by atoms with Crippen molar-refractivity contribution in [3.05, 3.63) is 101 Å². The van der Waals surface area contributed by atoms with Gasteiger partial charge in [-0.05, 0) is 73.0 Å². The largest absolute Gasteiger partial charge is 0.416 e. The van der Waals surface area contributed by atoms with E-state index >= 15 is 0 Å². The van der Waals surface area contributed by atoms with Crippen LogP contribution in [0.3, 0.4) is 0 Å². The Balaban J connectivity index is 1.52. The second-order valence-electron chi connectivity index (χ2n) is 8.32. The van der Waals surface area contributed by atoms with Crippen LogP contribution in [0.15, 0.2) is 72.8 Å². The van der Waals surface area contributed by atoms with E-state index in [0.717, 1.165) is 6.07 Å². The second-order valence-corrected chi connectivity index (χ2v) is 8.32. The van der Waals surface area contributed by atoms with Crippen molar-refractivity contribution in [2.75, 3.05) is 18.0 Å². The number of amides is 1. The maximum absolute atomic E-state index is 13.5. The zero-order valence-electron chi connectivity index (χ0n) is 18.2. The van der Waals surface area contributed by atoms with E-state index in [1.165, 1.54) is 60.7 Å². The molecule has 0 aliphatic carbocycles. The molecular formula is C26H23F5N2O. The number of rotatable bonds is 5. The Hall–Kier alpha value is -3.26. The number of carbonyl (C=O) groups excluding carboxylic acids is 1. The van der Waals surface area contributed by atoms with Gasteiger partial charge in [-0.15, -0.1) is 0 Å². The van der Waals surface area contributed by atoms with Gasteiger partial charge in [0.15, 0.2) is 0 Å². The van der Waals surface area contributed by atoms with E-state index in [9.17, 15) is 26.7 Å². The lowest BCUT2D eigenvalue weighted by Crippen LogP contribution is -2.47. The van der Waals surface area contributed by atoms with Crippen LogP contribution in [0.2, 0.25) is 0 Å². The molecule has 3 aromatic carbocycles. The van der Waals surface area contributed by atoms with Gasteiger partial charge in [0.2, 0.25) is 0 Å². The molecule has 8 heteroatoms. The average molecular weight is 474 g/mol. The quantitative estimate of drug-likeness (QED) is 0.406. The fourth-order valence-corrected chi connectivity index (χ4v) is 4.34. The normalized spacial score (nSPS) is 15.3. The summed E-state index contributed by atoms with van der Waals surface area (Å²) in [4.78, 5) is 16.9. The number of carbonyl (C=O) groups is 1. The predicted molar refractivity (Wildman–Crippen MR) is 119 cm³/mol. The van der Waals surface area contributed by atoms with Gasteiger partial charge in [0, 0.05) is 36.9 Å². The number of benzene rings is 3. The molecule has 34 heavy (non-hydrogen) atoms. The summed E-state index contributed by atoms with van der Waals surface area (Å²) in [6, 6.07) is 16.1. The zero-order chi connectivity index (χ0) is 24.3. The van der Waals surface area contributed by atoms with E-state index in [2.05, 4.69) is 0 Å². The standard InChI is InChI=1S/C26H23F5N2O/c27-20-7-5-18(6-8-20)25(34)33(22-11-9-21(28)10-12-22)23-13-15-32(16-14-23)17-19-3-1-2-4-24(19)26(29,30)31/h1-12,23H,13-17H2. The lowest BCUT2D eigenvalue weighted by Gasteiger charge is -2.39. The molecular weight excluding hydrogens is 451 g/mol. The Labute approximate surface area is 194 Å². The van der Waals surface area contributed by atoms with Crippen LogP contribution in [0.25, 0.3) is 0 Å². The summed E-state index contributed by atoms with van der Waals surface area (Å²) in [6.45, 7) is 1.14. The van der Waals surface area contributed by atoms with Crippen LogP contribution >= 0.6 is 0 Å². The molecule has 3 aromatic rings. The van der Waals surface area contributed by atoms with Crippen molar-refractivity contribution >= 4 is 11.6 Å². The van der Waals surface area contributed by atoms with E-state index < -0.39 is 23.4 Å². The molecule has 0 atom stereocenters. The van der Waals surface area contributed by atoms with Gasteiger partial charge in [0.1, 0.15) is 11.6 Å². The van der Waals surface area contributed by atoms with E-state index in [1.807, 2.05) is 4.90 Å². The highest BCUT2D eigenvalue weighted by Gasteiger charge is 2.34. The van der Waals surface area contributed by atoms with Crippen LogP contribution in [-0.4, -0.2) is 29.9 Å².